The molecule has 3 aromatic rings. The zero-order valence-electron chi connectivity index (χ0n) is 14.0. The zero-order chi connectivity index (χ0) is 18.9. The van der Waals surface area contributed by atoms with Crippen molar-refractivity contribution in [1.82, 2.24) is 4.98 Å². The summed E-state index contributed by atoms with van der Waals surface area (Å²) in [5.41, 5.74) is 0.635. The molecule has 2 amide bonds. The number of nitrogens with zero attached hydrogens (tertiary/aromatic N) is 1. The van der Waals surface area contributed by atoms with E-state index in [0.29, 0.717) is 5.13 Å². The third-order valence-electron chi connectivity index (χ3n) is 3.77. The molecule has 0 aliphatic carbocycles. The smallest absolute Gasteiger partial charge is 0.307 e. The third-order valence-corrected chi connectivity index (χ3v) is 4.71. The lowest BCUT2D eigenvalue weighted by atomic mass is 10.0. The van der Waals surface area contributed by atoms with Gasteiger partial charge in [-0.25, -0.2) is 9.78 Å². The number of urea groups is 1. The first-order valence-electron chi connectivity index (χ1n) is 7.89. The summed E-state index contributed by atoms with van der Waals surface area (Å²) in [6.07, 6.45) is -4.55. The van der Waals surface area contributed by atoms with Crippen molar-refractivity contribution < 1.29 is 18.0 Å². The first kappa shape index (κ1) is 18.2. The molecule has 0 atom stereocenters. The number of para-hydroxylation sites is 2. The Morgan fingerprint density at radius 2 is 1.81 bits per heavy atom. The minimum Gasteiger partial charge on any atom is -0.307 e. The second kappa shape index (κ2) is 6.95. The predicted octanol–water partition coefficient (Wildman–Crippen LogP) is 6.08. The number of nitrogens with one attached hydrogen (secondary N) is 2. The van der Waals surface area contributed by atoms with Gasteiger partial charge in [0.15, 0.2) is 5.13 Å². The maximum absolute atomic E-state index is 13.0. The number of hydrogen-bond donors (Lipinski definition) is 2. The molecule has 2 N–H and O–H groups in total. The highest BCUT2D eigenvalue weighted by atomic mass is 32.1. The molecule has 0 fully saturated rings. The van der Waals surface area contributed by atoms with Crippen LogP contribution < -0.4 is 10.6 Å². The Balaban J connectivity index is 1.82. The van der Waals surface area contributed by atoms with Crippen LogP contribution in [-0.4, -0.2) is 11.0 Å². The molecule has 26 heavy (non-hydrogen) atoms. The molecule has 3 rings (SSSR count). The number of thiazole rings is 1. The zero-order valence-corrected chi connectivity index (χ0v) is 14.8. The van der Waals surface area contributed by atoms with Crippen LogP contribution in [0.1, 0.15) is 30.9 Å². The van der Waals surface area contributed by atoms with Crippen LogP contribution in [0.4, 0.5) is 28.8 Å². The van der Waals surface area contributed by atoms with Crippen LogP contribution in [-0.2, 0) is 6.18 Å². The van der Waals surface area contributed by atoms with Gasteiger partial charge in [0, 0.05) is 0 Å². The highest BCUT2D eigenvalue weighted by molar-refractivity contribution is 7.22. The van der Waals surface area contributed by atoms with Crippen LogP contribution in [0.5, 0.6) is 0 Å². The SMILES string of the molecule is CC(C)c1cccc2sc(NC(=O)Nc3ccccc3C(F)(F)F)nc12. The van der Waals surface area contributed by atoms with Gasteiger partial charge in [0.05, 0.1) is 21.5 Å². The average Bonchev–Trinajstić information content (AvgIpc) is 2.95. The average molecular weight is 379 g/mol. The van der Waals surface area contributed by atoms with E-state index in [4.69, 9.17) is 0 Å². The molecule has 1 aromatic heterocycles. The van der Waals surface area contributed by atoms with E-state index in [1.165, 1.54) is 29.5 Å². The lowest BCUT2D eigenvalue weighted by molar-refractivity contribution is -0.136. The Kier molecular flexibility index (Phi) is 4.86. The van der Waals surface area contributed by atoms with Crippen LogP contribution in [0, 0.1) is 0 Å². The number of hydrogen-bond acceptors (Lipinski definition) is 3. The van der Waals surface area contributed by atoms with Crippen molar-refractivity contribution in [3.05, 3.63) is 53.6 Å². The molecular formula is C18H16F3N3OS. The largest absolute Gasteiger partial charge is 0.418 e. The first-order valence-corrected chi connectivity index (χ1v) is 8.71. The summed E-state index contributed by atoms with van der Waals surface area (Å²) in [4.78, 5) is 16.5. The summed E-state index contributed by atoms with van der Waals surface area (Å²) >= 11 is 1.27. The number of anilines is 2. The number of benzene rings is 2. The number of amides is 2. The van der Waals surface area contributed by atoms with E-state index < -0.39 is 17.8 Å². The lowest BCUT2D eigenvalue weighted by Crippen LogP contribution is -2.21. The molecule has 8 heteroatoms. The van der Waals surface area contributed by atoms with E-state index >= 15 is 0 Å². The van der Waals surface area contributed by atoms with E-state index in [9.17, 15) is 18.0 Å². The van der Waals surface area contributed by atoms with Gasteiger partial charge in [0.25, 0.3) is 0 Å². The molecule has 0 saturated carbocycles. The topological polar surface area (TPSA) is 54.0 Å². The first-order chi connectivity index (χ1) is 12.3. The summed E-state index contributed by atoms with van der Waals surface area (Å²) < 4.78 is 39.9. The molecule has 0 bridgehead atoms. The van der Waals surface area contributed by atoms with Crippen LogP contribution in [0.2, 0.25) is 0 Å². The molecule has 2 aromatic carbocycles. The normalized spacial score (nSPS) is 11.8. The summed E-state index contributed by atoms with van der Waals surface area (Å²) in [5.74, 6) is 0.265. The fourth-order valence-electron chi connectivity index (χ4n) is 2.58. The Morgan fingerprint density at radius 1 is 1.08 bits per heavy atom. The molecule has 4 nitrogen and oxygen atoms in total. The summed E-state index contributed by atoms with van der Waals surface area (Å²) in [7, 11) is 0. The standard InChI is InChI=1S/C18H16F3N3OS/c1-10(2)11-6-5-9-14-15(11)23-17(26-14)24-16(25)22-13-8-4-3-7-12(13)18(19,20)21/h3-10H,1-2H3,(H2,22,23,24,25). The molecule has 1 heterocycles. The second-order valence-corrected chi connectivity index (χ2v) is 7.02. The van der Waals surface area contributed by atoms with E-state index in [1.54, 1.807) is 0 Å². The van der Waals surface area contributed by atoms with Crippen molar-refractivity contribution in [2.24, 2.45) is 0 Å². The number of fused-ring (bicyclic) bond motifs is 1. The number of rotatable bonds is 3. The van der Waals surface area contributed by atoms with E-state index in [1.807, 2.05) is 32.0 Å². The van der Waals surface area contributed by atoms with Crippen molar-refractivity contribution >= 4 is 38.4 Å². The molecular weight excluding hydrogens is 363 g/mol. The van der Waals surface area contributed by atoms with Crippen molar-refractivity contribution in [3.8, 4) is 0 Å². The van der Waals surface area contributed by atoms with Crippen LogP contribution in [0.25, 0.3) is 10.2 Å². The van der Waals surface area contributed by atoms with E-state index in [0.717, 1.165) is 21.8 Å². The number of carbonyl (C=O) groups excluding carboxylic acids is 1. The van der Waals surface area contributed by atoms with Crippen molar-refractivity contribution in [2.75, 3.05) is 10.6 Å². The minimum atomic E-state index is -4.55. The van der Waals surface area contributed by atoms with Crippen molar-refractivity contribution in [2.45, 2.75) is 25.9 Å². The van der Waals surface area contributed by atoms with Gasteiger partial charge >= 0.3 is 12.2 Å². The minimum absolute atomic E-state index is 0.265. The van der Waals surface area contributed by atoms with Gasteiger partial charge in [-0.2, -0.15) is 13.2 Å². The fourth-order valence-corrected chi connectivity index (χ4v) is 3.47. The van der Waals surface area contributed by atoms with Gasteiger partial charge in [-0.3, -0.25) is 5.32 Å². The predicted molar refractivity (Wildman–Crippen MR) is 97.8 cm³/mol. The maximum atomic E-state index is 13.0. The van der Waals surface area contributed by atoms with Gasteiger partial charge in [0.2, 0.25) is 0 Å². The number of halogens is 3. The summed E-state index contributed by atoms with van der Waals surface area (Å²) in [5, 5.41) is 5.09. The van der Waals surface area contributed by atoms with Crippen LogP contribution >= 0.6 is 11.3 Å². The summed E-state index contributed by atoms with van der Waals surface area (Å²) in [6.45, 7) is 4.09. The number of carbonyl (C=O) groups is 1. The summed E-state index contributed by atoms with van der Waals surface area (Å²) in [6, 6.07) is 9.83. The van der Waals surface area contributed by atoms with E-state index in [2.05, 4.69) is 15.6 Å². The van der Waals surface area contributed by atoms with Gasteiger partial charge < -0.3 is 5.32 Å². The fraction of sp³-hybridized carbons (Fsp3) is 0.222. The molecule has 0 spiro atoms. The van der Waals surface area contributed by atoms with Gasteiger partial charge in [-0.15, -0.1) is 0 Å². The molecule has 136 valence electrons. The quantitative estimate of drug-likeness (QED) is 0.579. The van der Waals surface area contributed by atoms with Gasteiger partial charge in [-0.1, -0.05) is 49.4 Å². The highest BCUT2D eigenvalue weighted by Gasteiger charge is 2.33. The van der Waals surface area contributed by atoms with Crippen molar-refractivity contribution in [3.63, 3.8) is 0 Å². The van der Waals surface area contributed by atoms with E-state index in [-0.39, 0.29) is 11.6 Å². The molecule has 0 aliphatic heterocycles. The van der Waals surface area contributed by atoms with Crippen LogP contribution in [0.15, 0.2) is 42.5 Å². The lowest BCUT2D eigenvalue weighted by Gasteiger charge is -2.13. The Hall–Kier alpha value is -2.61. The molecule has 0 saturated heterocycles. The highest BCUT2D eigenvalue weighted by Crippen LogP contribution is 2.35. The molecule has 0 radical (unpaired) electrons. The van der Waals surface area contributed by atoms with Gasteiger partial charge in [-0.05, 0) is 29.7 Å². The maximum Gasteiger partial charge on any atom is 0.418 e. The van der Waals surface area contributed by atoms with Crippen LogP contribution in [0.3, 0.4) is 0 Å². The number of alkyl halides is 3. The monoisotopic (exact) mass is 379 g/mol. The molecule has 0 aliphatic rings. The Bertz CT molecular complexity index is 950. The van der Waals surface area contributed by atoms with Crippen molar-refractivity contribution in [1.29, 1.82) is 0 Å². The third kappa shape index (κ3) is 3.80. The molecule has 0 unspecified atom stereocenters. The second-order valence-electron chi connectivity index (χ2n) is 5.99. The number of aromatic nitrogens is 1. The van der Waals surface area contributed by atoms with Gasteiger partial charge in [0.1, 0.15) is 0 Å². The Morgan fingerprint density at radius 3 is 2.50 bits per heavy atom. The Labute approximate surface area is 152 Å².